The number of nitrogens with one attached hydrogen (secondary N) is 1. The van der Waals surface area contributed by atoms with Gasteiger partial charge in [0.05, 0.1) is 18.9 Å². The number of aromatic nitrogens is 2. The Morgan fingerprint density at radius 1 is 1.36 bits per heavy atom. The molecule has 8 nitrogen and oxygen atoms in total. The second-order valence-corrected chi connectivity index (χ2v) is 7.13. The highest BCUT2D eigenvalue weighted by Crippen LogP contribution is 2.35. The van der Waals surface area contributed by atoms with Gasteiger partial charge in [-0.1, -0.05) is 6.92 Å². The number of hydrogen-bond donors (Lipinski definition) is 1. The Balaban J connectivity index is 1.27. The maximum Gasteiger partial charge on any atom is 0.231 e. The van der Waals surface area contributed by atoms with Gasteiger partial charge < -0.3 is 29.0 Å². The first-order chi connectivity index (χ1) is 13.7. The Morgan fingerprint density at radius 3 is 3.07 bits per heavy atom. The van der Waals surface area contributed by atoms with E-state index in [0.717, 1.165) is 42.7 Å². The molecule has 1 aromatic heterocycles. The quantitative estimate of drug-likeness (QED) is 0.483. The van der Waals surface area contributed by atoms with Gasteiger partial charge in [0.1, 0.15) is 12.4 Å². The summed E-state index contributed by atoms with van der Waals surface area (Å²) in [6.45, 7) is 5.69. The number of piperidine rings is 1. The molecule has 2 unspecified atom stereocenters. The number of hydrogen-bond acceptors (Lipinski definition) is 5. The molecule has 2 aromatic rings. The first-order valence-corrected chi connectivity index (χ1v) is 9.70. The highest BCUT2D eigenvalue weighted by Gasteiger charge is 2.28. The number of ether oxygens (including phenoxy) is 3. The zero-order valence-corrected chi connectivity index (χ0v) is 16.4. The summed E-state index contributed by atoms with van der Waals surface area (Å²) in [4.78, 5) is 11.0. The first kappa shape index (κ1) is 18.5. The topological polar surface area (TPSA) is 73.1 Å². The van der Waals surface area contributed by atoms with Crippen LogP contribution in [-0.2, 0) is 0 Å². The van der Waals surface area contributed by atoms with E-state index in [-0.39, 0.29) is 6.79 Å². The van der Waals surface area contributed by atoms with Gasteiger partial charge in [-0.25, -0.2) is 4.98 Å². The zero-order chi connectivity index (χ0) is 19.3. The molecule has 0 amide bonds. The lowest BCUT2D eigenvalue weighted by molar-refractivity contribution is 0.173. The Bertz CT molecular complexity index is 808. The molecular formula is C20H27N5O3. The Labute approximate surface area is 165 Å². The number of rotatable bonds is 5. The van der Waals surface area contributed by atoms with E-state index in [1.54, 1.807) is 0 Å². The standard InChI is InChI=1S/C20H27N5O3/c1-15-5-8-24(12-17(15)25-9-6-22-13-25)20(21-2)23-7-10-26-16-3-4-18-19(11-16)28-14-27-18/h3-4,6,9,11,13,15,17H,5,7-8,10,12,14H2,1-2H3,(H,21,23). The predicted octanol–water partition coefficient (Wildman–Crippen LogP) is 2.15. The van der Waals surface area contributed by atoms with Crippen LogP contribution in [0.3, 0.4) is 0 Å². The van der Waals surface area contributed by atoms with Crippen LogP contribution in [0.1, 0.15) is 19.4 Å². The van der Waals surface area contributed by atoms with Crippen LogP contribution < -0.4 is 19.5 Å². The normalized spacial score (nSPS) is 21.6. The average Bonchev–Trinajstić information content (AvgIpc) is 3.40. The van der Waals surface area contributed by atoms with Crippen LogP contribution in [0, 0.1) is 5.92 Å². The fourth-order valence-corrected chi connectivity index (χ4v) is 3.73. The van der Waals surface area contributed by atoms with Crippen molar-refractivity contribution < 1.29 is 14.2 Å². The molecule has 2 atom stereocenters. The number of aliphatic imine (C=N–C) groups is 1. The number of guanidine groups is 1. The second-order valence-electron chi connectivity index (χ2n) is 7.13. The van der Waals surface area contributed by atoms with Crippen molar-refractivity contribution in [3.05, 3.63) is 36.9 Å². The number of nitrogens with zero attached hydrogens (tertiary/aromatic N) is 4. The fraction of sp³-hybridized carbons (Fsp3) is 0.500. The van der Waals surface area contributed by atoms with Crippen molar-refractivity contribution in [2.45, 2.75) is 19.4 Å². The fourth-order valence-electron chi connectivity index (χ4n) is 3.73. The third-order valence-corrected chi connectivity index (χ3v) is 5.34. The Kier molecular flexibility index (Phi) is 5.55. The molecule has 1 aromatic carbocycles. The molecule has 8 heteroatoms. The van der Waals surface area contributed by atoms with Crippen LogP contribution in [0.15, 0.2) is 41.9 Å². The second kappa shape index (κ2) is 8.41. The molecule has 1 saturated heterocycles. The van der Waals surface area contributed by atoms with Crippen LogP contribution in [-0.4, -0.2) is 60.5 Å². The van der Waals surface area contributed by atoms with Gasteiger partial charge in [0.25, 0.3) is 0 Å². The molecule has 0 aliphatic carbocycles. The summed E-state index contributed by atoms with van der Waals surface area (Å²) < 4.78 is 18.7. The van der Waals surface area contributed by atoms with E-state index in [4.69, 9.17) is 14.2 Å². The highest BCUT2D eigenvalue weighted by atomic mass is 16.7. The van der Waals surface area contributed by atoms with E-state index in [1.807, 2.05) is 44.0 Å². The average molecular weight is 385 g/mol. The molecule has 2 aliphatic heterocycles. The van der Waals surface area contributed by atoms with E-state index in [1.165, 1.54) is 0 Å². The van der Waals surface area contributed by atoms with E-state index < -0.39 is 0 Å². The number of benzene rings is 1. The van der Waals surface area contributed by atoms with Gasteiger partial charge in [0, 0.05) is 38.6 Å². The molecule has 1 N–H and O–H groups in total. The number of likely N-dealkylation sites (tertiary alicyclic amines) is 1. The number of imidazole rings is 1. The van der Waals surface area contributed by atoms with Crippen LogP contribution in [0.2, 0.25) is 0 Å². The van der Waals surface area contributed by atoms with Gasteiger partial charge in [-0.3, -0.25) is 4.99 Å². The maximum absolute atomic E-state index is 5.83. The molecule has 3 heterocycles. The minimum atomic E-state index is 0.269. The van der Waals surface area contributed by atoms with Crippen LogP contribution in [0.5, 0.6) is 17.2 Å². The molecule has 0 saturated carbocycles. The monoisotopic (exact) mass is 385 g/mol. The largest absolute Gasteiger partial charge is 0.492 e. The van der Waals surface area contributed by atoms with Gasteiger partial charge in [-0.05, 0) is 24.5 Å². The molecule has 0 bridgehead atoms. The first-order valence-electron chi connectivity index (χ1n) is 9.70. The molecule has 2 aliphatic rings. The lowest BCUT2D eigenvalue weighted by Gasteiger charge is -2.39. The summed E-state index contributed by atoms with van der Waals surface area (Å²) in [6, 6.07) is 6.03. The van der Waals surface area contributed by atoms with Gasteiger partial charge in [0.2, 0.25) is 6.79 Å². The molecule has 0 spiro atoms. The molecule has 0 radical (unpaired) electrons. The molecule has 150 valence electrons. The van der Waals surface area contributed by atoms with E-state index in [9.17, 15) is 0 Å². The smallest absolute Gasteiger partial charge is 0.231 e. The van der Waals surface area contributed by atoms with Crippen LogP contribution >= 0.6 is 0 Å². The minimum Gasteiger partial charge on any atom is -0.492 e. The van der Waals surface area contributed by atoms with Gasteiger partial charge >= 0.3 is 0 Å². The predicted molar refractivity (Wildman–Crippen MR) is 106 cm³/mol. The summed E-state index contributed by atoms with van der Waals surface area (Å²) in [5.41, 5.74) is 0. The van der Waals surface area contributed by atoms with Crippen molar-refractivity contribution in [1.82, 2.24) is 19.8 Å². The van der Waals surface area contributed by atoms with Crippen LogP contribution in [0.4, 0.5) is 0 Å². The van der Waals surface area contributed by atoms with Crippen LogP contribution in [0.25, 0.3) is 0 Å². The van der Waals surface area contributed by atoms with Crippen molar-refractivity contribution in [3.63, 3.8) is 0 Å². The zero-order valence-electron chi connectivity index (χ0n) is 16.4. The summed E-state index contributed by atoms with van der Waals surface area (Å²) in [7, 11) is 1.82. The van der Waals surface area contributed by atoms with Gasteiger partial charge in [-0.15, -0.1) is 0 Å². The summed E-state index contributed by atoms with van der Waals surface area (Å²) in [6.07, 6.45) is 6.91. The summed E-state index contributed by atoms with van der Waals surface area (Å²) >= 11 is 0. The highest BCUT2D eigenvalue weighted by molar-refractivity contribution is 5.80. The van der Waals surface area contributed by atoms with E-state index in [0.29, 0.717) is 25.1 Å². The third-order valence-electron chi connectivity index (χ3n) is 5.34. The summed E-state index contributed by atoms with van der Waals surface area (Å²) in [5, 5.41) is 3.41. The van der Waals surface area contributed by atoms with Crippen molar-refractivity contribution in [3.8, 4) is 17.2 Å². The lowest BCUT2D eigenvalue weighted by Crippen LogP contribution is -2.49. The SMILES string of the molecule is CN=C(NCCOc1ccc2c(c1)OCO2)N1CCC(C)C(n2ccnc2)C1. The summed E-state index contributed by atoms with van der Waals surface area (Å²) in [5.74, 6) is 3.78. The van der Waals surface area contributed by atoms with Gasteiger partial charge in [-0.2, -0.15) is 0 Å². The lowest BCUT2D eigenvalue weighted by atomic mass is 9.93. The Morgan fingerprint density at radius 2 is 2.25 bits per heavy atom. The van der Waals surface area contributed by atoms with E-state index >= 15 is 0 Å². The Hall–Kier alpha value is -2.90. The minimum absolute atomic E-state index is 0.269. The van der Waals surface area contributed by atoms with Crippen molar-refractivity contribution in [1.29, 1.82) is 0 Å². The molecule has 1 fully saturated rings. The van der Waals surface area contributed by atoms with E-state index in [2.05, 4.69) is 31.7 Å². The van der Waals surface area contributed by atoms with Gasteiger partial charge in [0.15, 0.2) is 17.5 Å². The number of fused-ring (bicyclic) bond motifs is 1. The van der Waals surface area contributed by atoms with Crippen molar-refractivity contribution >= 4 is 5.96 Å². The maximum atomic E-state index is 5.83. The molecular weight excluding hydrogens is 358 g/mol. The molecule has 4 rings (SSSR count). The van der Waals surface area contributed by atoms with Crippen molar-refractivity contribution in [2.75, 3.05) is 40.1 Å². The van der Waals surface area contributed by atoms with Crippen molar-refractivity contribution in [2.24, 2.45) is 10.9 Å². The third kappa shape index (κ3) is 4.00. The molecule has 28 heavy (non-hydrogen) atoms.